The van der Waals surface area contributed by atoms with Crippen LogP contribution in [0.1, 0.15) is 36.8 Å². The summed E-state index contributed by atoms with van der Waals surface area (Å²) in [6, 6.07) is 5.26. The van der Waals surface area contributed by atoms with Crippen LogP contribution in [-0.2, 0) is 20.9 Å². The van der Waals surface area contributed by atoms with Crippen LogP contribution in [0.25, 0.3) is 5.70 Å². The number of halogens is 3. The van der Waals surface area contributed by atoms with Crippen LogP contribution >= 0.6 is 0 Å². The van der Waals surface area contributed by atoms with Crippen LogP contribution in [-0.4, -0.2) is 54.9 Å². The van der Waals surface area contributed by atoms with E-state index < -0.39 is 11.9 Å². The Balaban J connectivity index is 1.58. The number of anilines is 1. The van der Waals surface area contributed by atoms with Gasteiger partial charge in [-0.15, -0.1) is 0 Å². The summed E-state index contributed by atoms with van der Waals surface area (Å²) in [4.78, 5) is 11.7. The highest BCUT2D eigenvalue weighted by Gasteiger charge is 2.38. The molecule has 4 N–H and O–H groups in total. The van der Waals surface area contributed by atoms with E-state index in [1.54, 1.807) is 6.07 Å². The number of carbonyl (C=O) groups excluding carboxylic acids is 1. The van der Waals surface area contributed by atoms with E-state index in [9.17, 15) is 23.2 Å². The first-order valence-electron chi connectivity index (χ1n) is 10.8. The van der Waals surface area contributed by atoms with Crippen LogP contribution in [0.3, 0.4) is 0 Å². The van der Waals surface area contributed by atoms with Crippen molar-refractivity contribution >= 4 is 17.4 Å². The lowest BCUT2D eigenvalue weighted by atomic mass is 9.96. The predicted octanol–water partition coefficient (Wildman–Crippen LogP) is 3.07. The lowest BCUT2D eigenvalue weighted by molar-refractivity contribution is -0.143. The Hall–Kier alpha value is -2.76. The average Bonchev–Trinajstić information content (AvgIpc) is 2.87. The second-order valence-electron chi connectivity index (χ2n) is 8.28. The maximum atomic E-state index is 13.2. The average molecular weight is 468 g/mol. The van der Waals surface area contributed by atoms with Crippen LogP contribution in [0.5, 0.6) is 0 Å². The molecule has 1 saturated heterocycles. The summed E-state index contributed by atoms with van der Waals surface area (Å²) in [6.45, 7) is 1.24. The summed E-state index contributed by atoms with van der Waals surface area (Å²) in [7, 11) is 1.37. The van der Waals surface area contributed by atoms with E-state index >= 15 is 0 Å². The summed E-state index contributed by atoms with van der Waals surface area (Å²) in [5.41, 5.74) is 3.85. The maximum absolute atomic E-state index is 13.2. The summed E-state index contributed by atoms with van der Waals surface area (Å²) in [5, 5.41) is 17.5. The van der Waals surface area contributed by atoms with Crippen molar-refractivity contribution in [1.29, 1.82) is 0 Å². The molecule has 1 aromatic carbocycles. The minimum atomic E-state index is -4.61. The number of methoxy groups -OCH3 is 1. The van der Waals surface area contributed by atoms with E-state index in [0.29, 0.717) is 48.7 Å². The van der Waals surface area contributed by atoms with Gasteiger partial charge in [-0.1, -0.05) is 6.07 Å². The lowest BCUT2D eigenvalue weighted by Gasteiger charge is -2.32. The number of esters is 1. The summed E-state index contributed by atoms with van der Waals surface area (Å²) in [5.74, 6) is -0.274. The van der Waals surface area contributed by atoms with E-state index in [4.69, 9.17) is 9.47 Å². The van der Waals surface area contributed by atoms with Gasteiger partial charge in [0.15, 0.2) is 0 Å². The van der Waals surface area contributed by atoms with Crippen LogP contribution in [0, 0.1) is 0 Å². The molecule has 3 aliphatic heterocycles. The number of nitrogens with one attached hydrogen (secondary N) is 3. The summed E-state index contributed by atoms with van der Waals surface area (Å²) in [6.07, 6.45) is -1.27. The number of piperidine rings is 1. The zero-order valence-corrected chi connectivity index (χ0v) is 18.2. The van der Waals surface area contributed by atoms with E-state index in [-0.39, 0.29) is 30.4 Å². The van der Waals surface area contributed by atoms with Crippen LogP contribution in [0.4, 0.5) is 18.9 Å². The molecule has 11 heteroatoms. The first-order valence-corrected chi connectivity index (χ1v) is 10.8. The number of rotatable bonds is 3. The largest absolute Gasteiger partial charge is 0.468 e. The Labute approximate surface area is 189 Å². The van der Waals surface area contributed by atoms with Gasteiger partial charge in [-0.3, -0.25) is 15.4 Å². The monoisotopic (exact) mass is 468 g/mol. The molecule has 0 unspecified atom stereocenters. The standard InChI is InChI=1S/C22H27F3N4O4/c1-32-21(30)18-7-5-16(11-26-18)27-15-4-6-17-14(9-15)12-33-8-2-3-13-10-19(22(23,24)25)28-29(31)20(13)17/h4,6,9-10,16,18,26-28,31H,2-3,5,7-8,11-12H2,1H3/t16-,18+/m1/s1. The number of hydrogen-bond donors (Lipinski definition) is 4. The first kappa shape index (κ1) is 23.4. The SMILES string of the molecule is COC(=O)[C@@H]1CC[C@@H](Nc2ccc3c(c2)COCCCC2=C3N(O)NC(C(F)(F)F)=C2)CN1. The molecule has 0 amide bonds. The first-order chi connectivity index (χ1) is 15.8. The topological polar surface area (TPSA) is 95.1 Å². The third kappa shape index (κ3) is 5.26. The molecule has 0 spiro atoms. The van der Waals surface area contributed by atoms with Crippen molar-refractivity contribution in [3.8, 4) is 0 Å². The fraction of sp³-hybridized carbons (Fsp3) is 0.500. The molecule has 0 aromatic heterocycles. The normalized spacial score (nSPS) is 23.8. The molecule has 4 rings (SSSR count). The number of carbonyl (C=O) groups is 1. The lowest BCUT2D eigenvalue weighted by Crippen LogP contribution is -2.48. The molecule has 1 aromatic rings. The van der Waals surface area contributed by atoms with Gasteiger partial charge in [0.25, 0.3) is 0 Å². The maximum Gasteiger partial charge on any atom is 0.432 e. The molecular formula is C22H27F3N4O4. The van der Waals surface area contributed by atoms with Gasteiger partial charge in [0.2, 0.25) is 0 Å². The number of hydroxylamine groups is 1. The quantitative estimate of drug-likeness (QED) is 0.503. The van der Waals surface area contributed by atoms with Gasteiger partial charge in [-0.2, -0.15) is 18.3 Å². The Morgan fingerprint density at radius 3 is 2.85 bits per heavy atom. The minimum absolute atomic E-state index is 0.0962. The van der Waals surface area contributed by atoms with Gasteiger partial charge in [0.1, 0.15) is 11.7 Å². The van der Waals surface area contributed by atoms with E-state index in [1.165, 1.54) is 7.11 Å². The highest BCUT2D eigenvalue weighted by atomic mass is 19.4. The molecule has 3 heterocycles. The Morgan fingerprint density at radius 2 is 2.15 bits per heavy atom. The van der Waals surface area contributed by atoms with Crippen LogP contribution in [0.2, 0.25) is 0 Å². The van der Waals surface area contributed by atoms with Gasteiger partial charge in [0, 0.05) is 30.4 Å². The fourth-order valence-corrected chi connectivity index (χ4v) is 4.34. The van der Waals surface area contributed by atoms with Crippen LogP contribution < -0.4 is 16.1 Å². The number of benzene rings is 1. The van der Waals surface area contributed by atoms with Crippen molar-refractivity contribution in [1.82, 2.24) is 15.9 Å². The third-order valence-electron chi connectivity index (χ3n) is 5.99. The second kappa shape index (κ2) is 9.62. The van der Waals surface area contributed by atoms with Gasteiger partial charge < -0.3 is 20.1 Å². The number of ether oxygens (including phenoxy) is 2. The zero-order valence-electron chi connectivity index (χ0n) is 18.2. The van der Waals surface area contributed by atoms with E-state index in [2.05, 4.69) is 10.6 Å². The van der Waals surface area contributed by atoms with Gasteiger partial charge >= 0.3 is 12.1 Å². The molecule has 0 radical (unpaired) electrons. The molecular weight excluding hydrogens is 441 g/mol. The number of hydrogen-bond acceptors (Lipinski definition) is 8. The van der Waals surface area contributed by atoms with Crippen LogP contribution in [0.15, 0.2) is 35.5 Å². The number of nitrogens with zero attached hydrogens (tertiary/aromatic N) is 1. The third-order valence-corrected chi connectivity index (χ3v) is 5.99. The predicted molar refractivity (Wildman–Crippen MR) is 114 cm³/mol. The zero-order chi connectivity index (χ0) is 23.6. The van der Waals surface area contributed by atoms with E-state index in [1.807, 2.05) is 17.6 Å². The van der Waals surface area contributed by atoms with Gasteiger partial charge in [-0.25, -0.2) is 0 Å². The smallest absolute Gasteiger partial charge is 0.432 e. The summed E-state index contributed by atoms with van der Waals surface area (Å²) >= 11 is 0. The van der Waals surface area contributed by atoms with E-state index in [0.717, 1.165) is 23.7 Å². The minimum Gasteiger partial charge on any atom is -0.468 e. The molecule has 180 valence electrons. The van der Waals surface area contributed by atoms with Gasteiger partial charge in [-0.05, 0) is 55.0 Å². The fourth-order valence-electron chi connectivity index (χ4n) is 4.34. The van der Waals surface area contributed by atoms with Crippen molar-refractivity contribution in [2.24, 2.45) is 0 Å². The second-order valence-corrected chi connectivity index (χ2v) is 8.28. The Bertz CT molecular complexity index is 955. The highest BCUT2D eigenvalue weighted by Crippen LogP contribution is 2.37. The van der Waals surface area contributed by atoms with Crippen molar-refractivity contribution in [2.45, 2.75) is 50.6 Å². The van der Waals surface area contributed by atoms with Crippen molar-refractivity contribution in [2.75, 3.05) is 25.6 Å². The highest BCUT2D eigenvalue weighted by molar-refractivity contribution is 5.76. The Morgan fingerprint density at radius 1 is 1.33 bits per heavy atom. The van der Waals surface area contributed by atoms with Crippen molar-refractivity contribution < 1.29 is 32.6 Å². The number of allylic oxidation sites excluding steroid dienone is 3. The molecule has 0 aliphatic carbocycles. The van der Waals surface area contributed by atoms with Crippen molar-refractivity contribution in [3.05, 3.63) is 46.7 Å². The molecule has 2 atom stereocenters. The molecule has 8 nitrogen and oxygen atoms in total. The number of fused-ring (bicyclic) bond motifs is 2. The summed E-state index contributed by atoms with van der Waals surface area (Å²) < 4.78 is 50.2. The number of hydrazine groups is 1. The Kier molecular flexibility index (Phi) is 6.82. The molecule has 3 aliphatic rings. The van der Waals surface area contributed by atoms with Crippen molar-refractivity contribution in [3.63, 3.8) is 0 Å². The molecule has 33 heavy (non-hydrogen) atoms. The van der Waals surface area contributed by atoms with Gasteiger partial charge in [0.05, 0.1) is 19.4 Å². The molecule has 0 saturated carbocycles. The molecule has 1 fully saturated rings. The number of alkyl halides is 3. The molecule has 0 bridgehead atoms.